The first-order valence-electron chi connectivity index (χ1n) is 16.2. The third-order valence-electron chi connectivity index (χ3n) is 10.9. The topological polar surface area (TPSA) is 66.2 Å². The van der Waals surface area contributed by atoms with E-state index in [0.29, 0.717) is 30.4 Å². The number of amides is 1. The van der Waals surface area contributed by atoms with Crippen LogP contribution in [0.25, 0.3) is 26.9 Å². The summed E-state index contributed by atoms with van der Waals surface area (Å²) >= 11 is 0. The molecule has 3 aliphatic heterocycles. The molecule has 1 saturated carbocycles. The monoisotopic (exact) mass is 646 g/mol. The van der Waals surface area contributed by atoms with Gasteiger partial charge in [-0.25, -0.2) is 24.1 Å². The zero-order valence-electron chi connectivity index (χ0n) is 25.8. The normalized spacial score (nSPS) is 27.8. The summed E-state index contributed by atoms with van der Waals surface area (Å²) in [6, 6.07) is 6.03. The number of anilines is 1. The maximum atomic E-state index is 16.8. The summed E-state index contributed by atoms with van der Waals surface area (Å²) in [5, 5.41) is 0.120. The molecule has 0 spiro atoms. The Hall–Kier alpha value is -4.24. The fourth-order valence-electron chi connectivity index (χ4n) is 8.65. The number of rotatable bonds is 7. The molecule has 12 heteroatoms. The van der Waals surface area contributed by atoms with Crippen molar-refractivity contribution >= 4 is 22.6 Å². The number of ether oxygens (including phenoxy) is 1. The van der Waals surface area contributed by atoms with Crippen molar-refractivity contribution in [3.8, 4) is 17.1 Å². The minimum Gasteiger partial charge on any atom is -0.461 e. The van der Waals surface area contributed by atoms with Crippen LogP contribution in [0.1, 0.15) is 42.7 Å². The largest absolute Gasteiger partial charge is 0.461 e. The molecule has 0 radical (unpaired) electrons. The van der Waals surface area contributed by atoms with Crippen LogP contribution in [0.5, 0.6) is 6.01 Å². The van der Waals surface area contributed by atoms with Gasteiger partial charge in [-0.05, 0) is 66.8 Å². The van der Waals surface area contributed by atoms with E-state index in [4.69, 9.17) is 11.3 Å². The summed E-state index contributed by atoms with van der Waals surface area (Å²) in [6.07, 6.45) is 2.95. The van der Waals surface area contributed by atoms with E-state index in [0.717, 1.165) is 43.4 Å². The predicted octanol–water partition coefficient (Wildman–Crippen LogP) is 5.61. The zero-order valence-corrected chi connectivity index (χ0v) is 25.8. The Bertz CT molecular complexity index is 1860. The molecule has 1 amide bonds. The maximum Gasteiger partial charge on any atom is 0.319 e. The molecule has 2 aliphatic carbocycles. The van der Waals surface area contributed by atoms with E-state index in [9.17, 15) is 13.6 Å². The molecule has 5 aliphatic rings. The Balaban J connectivity index is 1.22. The molecule has 8 nitrogen and oxygen atoms in total. The second kappa shape index (κ2) is 11.2. The third kappa shape index (κ3) is 4.93. The molecule has 3 saturated heterocycles. The molecule has 0 bridgehead atoms. The first kappa shape index (κ1) is 30.1. The minimum absolute atomic E-state index is 0.0430. The molecule has 3 aromatic rings. The quantitative estimate of drug-likeness (QED) is 0.189. The molecule has 4 fully saturated rings. The Labute approximate surface area is 269 Å². The van der Waals surface area contributed by atoms with Crippen molar-refractivity contribution in [1.29, 1.82) is 0 Å². The standard InChI is InChI=1S/C35H34F4N6O2/c1-19(36)33(46)45-10-9-43(17-23(45)15-40-2)32-26-13-27(38)29(24-6-3-5-20-11-21-12-25(21)28(20)24)30(39)31(26)41-34(42-32)47-18-35-7-4-8-44(35)16-22(37)14-35/h3,5-6,13,21-23,25H,1,4,7-12,14-18H2/t21?,22-,23+,25?,35+/m1/s1. The molecule has 2 aromatic carbocycles. The number of nitrogens with zero attached hydrogens (tertiary/aromatic N) is 6. The average molecular weight is 647 g/mol. The van der Waals surface area contributed by atoms with Crippen molar-refractivity contribution < 1.29 is 27.1 Å². The Kier molecular flexibility index (Phi) is 7.17. The van der Waals surface area contributed by atoms with Crippen LogP contribution in [0.4, 0.5) is 23.4 Å². The van der Waals surface area contributed by atoms with Crippen LogP contribution in [0.15, 0.2) is 36.7 Å². The number of halogens is 4. The number of alkyl halides is 1. The summed E-state index contributed by atoms with van der Waals surface area (Å²) in [5.74, 6) is -2.58. The fraction of sp³-hybridized carbons (Fsp3) is 0.486. The van der Waals surface area contributed by atoms with Gasteiger partial charge in [0.05, 0.1) is 11.1 Å². The van der Waals surface area contributed by atoms with Crippen LogP contribution in [0, 0.1) is 24.1 Å². The maximum absolute atomic E-state index is 16.8. The van der Waals surface area contributed by atoms with Gasteiger partial charge in [0.25, 0.3) is 5.91 Å². The van der Waals surface area contributed by atoms with Gasteiger partial charge in [-0.3, -0.25) is 9.69 Å². The Morgan fingerprint density at radius 1 is 1.19 bits per heavy atom. The highest BCUT2D eigenvalue weighted by molar-refractivity contribution is 5.95. The van der Waals surface area contributed by atoms with Gasteiger partial charge in [-0.2, -0.15) is 9.97 Å². The molecular formula is C35H34F4N6O2. The van der Waals surface area contributed by atoms with Crippen LogP contribution in [0.2, 0.25) is 0 Å². The van der Waals surface area contributed by atoms with E-state index in [1.807, 2.05) is 12.1 Å². The second-order valence-corrected chi connectivity index (χ2v) is 13.7. The first-order chi connectivity index (χ1) is 22.7. The summed E-state index contributed by atoms with van der Waals surface area (Å²) in [6.45, 7) is 11.9. The van der Waals surface area contributed by atoms with Crippen LogP contribution < -0.4 is 9.64 Å². The number of piperazine rings is 1. The molecule has 1 aromatic heterocycles. The number of carbonyl (C=O) groups excluding carboxylic acids is 1. The lowest BCUT2D eigenvalue weighted by molar-refractivity contribution is -0.131. The summed E-state index contributed by atoms with van der Waals surface area (Å²) in [7, 11) is 0. The van der Waals surface area contributed by atoms with E-state index in [-0.39, 0.29) is 61.1 Å². The average Bonchev–Trinajstić information content (AvgIpc) is 3.37. The van der Waals surface area contributed by atoms with Crippen LogP contribution >= 0.6 is 0 Å². The van der Waals surface area contributed by atoms with Crippen molar-refractivity contribution in [2.24, 2.45) is 5.92 Å². The highest BCUT2D eigenvalue weighted by atomic mass is 19.1. The lowest BCUT2D eigenvalue weighted by atomic mass is 9.93. The molecule has 0 N–H and O–H groups in total. The highest BCUT2D eigenvalue weighted by Gasteiger charge is 2.50. The number of benzene rings is 2. The molecule has 2 unspecified atom stereocenters. The van der Waals surface area contributed by atoms with Gasteiger partial charge in [0.2, 0.25) is 6.54 Å². The van der Waals surface area contributed by atoms with Crippen molar-refractivity contribution in [1.82, 2.24) is 19.8 Å². The zero-order chi connectivity index (χ0) is 32.6. The van der Waals surface area contributed by atoms with Gasteiger partial charge in [0, 0.05) is 38.0 Å². The number of hydrogen-bond donors (Lipinski definition) is 0. The Morgan fingerprint density at radius 2 is 2.04 bits per heavy atom. The smallest absolute Gasteiger partial charge is 0.319 e. The highest BCUT2D eigenvalue weighted by Crippen LogP contribution is 2.59. The molecule has 8 rings (SSSR count). The van der Waals surface area contributed by atoms with Crippen LogP contribution in [-0.4, -0.2) is 89.3 Å². The van der Waals surface area contributed by atoms with Gasteiger partial charge in [-0.1, -0.05) is 24.8 Å². The third-order valence-corrected chi connectivity index (χ3v) is 10.9. The van der Waals surface area contributed by atoms with E-state index in [2.05, 4.69) is 26.3 Å². The van der Waals surface area contributed by atoms with Gasteiger partial charge >= 0.3 is 6.01 Å². The second-order valence-electron chi connectivity index (χ2n) is 13.7. The van der Waals surface area contributed by atoms with E-state index < -0.39 is 41.1 Å². The first-order valence-corrected chi connectivity index (χ1v) is 16.2. The molecule has 47 heavy (non-hydrogen) atoms. The summed E-state index contributed by atoms with van der Waals surface area (Å²) < 4.78 is 67.5. The predicted molar refractivity (Wildman–Crippen MR) is 167 cm³/mol. The molecule has 4 heterocycles. The molecule has 244 valence electrons. The lowest BCUT2D eigenvalue weighted by Crippen LogP contribution is -2.56. The van der Waals surface area contributed by atoms with Crippen LogP contribution in [-0.2, 0) is 11.2 Å². The summed E-state index contributed by atoms with van der Waals surface area (Å²) in [4.78, 5) is 30.2. The van der Waals surface area contributed by atoms with Crippen LogP contribution in [0.3, 0.4) is 0 Å². The lowest BCUT2D eigenvalue weighted by Gasteiger charge is -2.39. The molecular weight excluding hydrogens is 612 g/mol. The van der Waals surface area contributed by atoms with Crippen molar-refractivity contribution in [2.45, 2.75) is 55.8 Å². The van der Waals surface area contributed by atoms with E-state index >= 15 is 8.78 Å². The van der Waals surface area contributed by atoms with Gasteiger partial charge < -0.3 is 19.4 Å². The van der Waals surface area contributed by atoms with Crippen molar-refractivity contribution in [3.63, 3.8) is 0 Å². The minimum atomic E-state index is -1.12. The van der Waals surface area contributed by atoms with E-state index in [1.165, 1.54) is 11.0 Å². The van der Waals surface area contributed by atoms with Crippen molar-refractivity contribution in [3.05, 3.63) is 70.8 Å². The number of hydrogen-bond acceptors (Lipinski definition) is 6. The number of fused-ring (bicyclic) bond motifs is 5. The number of carbonyl (C=O) groups is 1. The van der Waals surface area contributed by atoms with Gasteiger partial charge in [0.15, 0.2) is 11.6 Å². The summed E-state index contributed by atoms with van der Waals surface area (Å²) in [5.41, 5.74) is 1.89. The Morgan fingerprint density at radius 3 is 2.85 bits per heavy atom. The number of aromatic nitrogens is 2. The molecule has 5 atom stereocenters. The van der Waals surface area contributed by atoms with Gasteiger partial charge in [-0.15, -0.1) is 0 Å². The van der Waals surface area contributed by atoms with Crippen molar-refractivity contribution in [2.75, 3.05) is 50.8 Å². The fourth-order valence-corrected chi connectivity index (χ4v) is 8.65. The van der Waals surface area contributed by atoms with E-state index in [1.54, 1.807) is 11.0 Å². The SMILES string of the molecule is [C-]#[N+]C[C@H]1CN(c2nc(OC[C@@]34CCCN3C[C@H](F)C4)nc3c(F)c(-c4cccc5c4C4CC4C5)c(F)cc23)CCN1C(=O)C(=C)F. The van der Waals surface area contributed by atoms with Gasteiger partial charge in [0.1, 0.15) is 36.0 Å².